The molecule has 0 radical (unpaired) electrons. The molecule has 121 heavy (non-hydrogen) atoms. The molecule has 43 nitrogen and oxygen atoms in total. The van der Waals surface area contributed by atoms with Gasteiger partial charge >= 0.3 is 30.6 Å². The maximum absolute atomic E-state index is 14.8. The van der Waals surface area contributed by atoms with Crippen molar-refractivity contribution in [3.05, 3.63) is 94.4 Å². The molecule has 0 aliphatic carbocycles. The summed E-state index contributed by atoms with van der Waals surface area (Å²) in [6.45, 7) is 0.0279. The standard InChI is InChI=1S/C73H105N21O20S4.2O.Tc/c74-24-29-79-35-44(36-80-30-25-75)31-47(95)14-9-19-58(96)81-26-6-4-15-49(65(76)104)87-61(99)37-85-67(106)54-39-115-42-63(101)88-51(16-5-7-27-82-59(97)22-23-60(98)86-46-20-21-48-45(33-46)13-8-18-57(48)118(112,113)114)68(107)93-55-40-116-117-41-56(72(111)91-52(69(108)92-54)32-43-11-2-1-3-12-43)94-70(109)53(34-64(102)103)89-62(100)38-84-66(105)50(90-71(55)110)17-10-28-83-73(77)78;;;/h1-3,8,11-13,18,20-21,33,44,49-56,74-75H,4-7,9-10,14-17,19,22-32,34-42H2,(H2,76,104)(H,81,96)(H,82,97)(H,84,105)(H,85,106)(H,86,98)(H,87,99)(H,88,101)(H,89,100)(H,90,110)(H,91,111)(H,92,108)(H,93,107)(H,94,109)(H,102,103)(H4,77,78,83)(H,112,113,114);;;/q-4;;;/t49-,50-,51-,52?,53-,54-,55-,56-;;;/m0.../s1. The van der Waals surface area contributed by atoms with E-state index in [9.17, 15) is 94.8 Å². The second-order valence-electron chi connectivity index (χ2n) is 27.5. The van der Waals surface area contributed by atoms with Gasteiger partial charge in [-0.15, -0.1) is 24.9 Å². The summed E-state index contributed by atoms with van der Waals surface area (Å²) in [7, 11) is -2.87. The van der Waals surface area contributed by atoms with E-state index in [2.05, 4.69) is 84.7 Å². The van der Waals surface area contributed by atoms with Crippen LogP contribution in [0.25, 0.3) is 32.9 Å². The summed E-state index contributed by atoms with van der Waals surface area (Å²) in [5, 5.41) is 52.1. The number of hydrogen-bond donors (Lipinski definition) is 18. The number of rotatable bonds is 42. The molecule has 5 rings (SSSR count). The van der Waals surface area contributed by atoms with Crippen LogP contribution in [0.3, 0.4) is 0 Å². The zero-order chi connectivity index (χ0) is 89.2. The number of primary amides is 1. The van der Waals surface area contributed by atoms with E-state index in [0.717, 1.165) is 33.3 Å². The Labute approximate surface area is 718 Å². The number of benzene rings is 3. The number of carboxylic acid groups (broad SMARTS) is 1. The van der Waals surface area contributed by atoms with E-state index in [4.69, 9.17) is 35.7 Å². The van der Waals surface area contributed by atoms with Crippen LogP contribution < -0.4 is 86.3 Å². The van der Waals surface area contributed by atoms with Crippen molar-refractivity contribution in [2.75, 3.05) is 100 Å². The predicted molar refractivity (Wildman–Crippen MR) is 443 cm³/mol. The molecule has 2 heterocycles. The van der Waals surface area contributed by atoms with Crippen LogP contribution in [-0.4, -0.2) is 262 Å². The first-order valence-corrected chi connectivity index (χ1v) is 45.0. The molecule has 3 aromatic carbocycles. The summed E-state index contributed by atoms with van der Waals surface area (Å²) in [6, 6.07) is 3.88. The zero-order valence-electron chi connectivity index (χ0n) is 66.1. The van der Waals surface area contributed by atoms with Crippen LogP contribution in [0.5, 0.6) is 0 Å². The summed E-state index contributed by atoms with van der Waals surface area (Å²) < 4.78 is 50.5. The number of carbonyl (C=O) groups is 16. The zero-order valence-corrected chi connectivity index (χ0v) is 71.2. The number of nitrogens with two attached hydrogens (primary N) is 3. The van der Waals surface area contributed by atoms with Gasteiger partial charge in [0.1, 0.15) is 59.0 Å². The molecule has 2 aliphatic rings. The number of Topliss-reactive ketones (excluding diaryl/α,β-unsaturated/α-hetero) is 1. The second kappa shape index (κ2) is 57.3. The third-order valence-electron chi connectivity index (χ3n) is 17.8. The number of nitrogens with one attached hydrogen (secondary N) is 15. The monoisotopic (exact) mass is 1850 g/mol. The predicted octanol–water partition coefficient (Wildman–Crippen LogP) is -1.76. The first kappa shape index (κ1) is 103. The Balaban J connectivity index is 0.0000101. The molecule has 2 saturated heterocycles. The molecule has 669 valence electrons. The molecule has 0 saturated carbocycles. The fourth-order valence-corrected chi connectivity index (χ4v) is 15.7. The number of anilines is 1. The van der Waals surface area contributed by atoms with Gasteiger partial charge < -0.3 is 114 Å². The van der Waals surface area contributed by atoms with E-state index < -0.39 is 196 Å². The van der Waals surface area contributed by atoms with Crippen LogP contribution in [0.4, 0.5) is 5.69 Å². The van der Waals surface area contributed by atoms with Gasteiger partial charge in [0.15, 0.2) is 5.96 Å². The van der Waals surface area contributed by atoms with Gasteiger partial charge in [-0.05, 0) is 86.9 Å². The number of carbonyl (C=O) groups excluding carboxylic acids is 15. The third kappa shape index (κ3) is 42.4. The molecule has 2 fully saturated rings. The van der Waals surface area contributed by atoms with Crippen LogP contribution in [0.15, 0.2) is 76.6 Å². The number of thioether (sulfide) groups is 1. The first-order valence-electron chi connectivity index (χ1n) is 38.4. The van der Waals surface area contributed by atoms with Crippen LogP contribution >= 0.6 is 33.3 Å². The van der Waals surface area contributed by atoms with Crippen LogP contribution in [0.1, 0.15) is 102 Å². The number of amides is 14. The van der Waals surface area contributed by atoms with Gasteiger partial charge in [-0.25, -0.2) is 0 Å². The van der Waals surface area contributed by atoms with Gasteiger partial charge in [-0.3, -0.25) is 86.3 Å². The van der Waals surface area contributed by atoms with Gasteiger partial charge in [0, 0.05) is 86.5 Å². The van der Waals surface area contributed by atoms with Crippen molar-refractivity contribution >= 4 is 160 Å². The Morgan fingerprint density at radius 2 is 1.20 bits per heavy atom. The molecule has 1 unspecified atom stereocenters. The molecular formula is C73H105N21O22S4Tc-4. The van der Waals surface area contributed by atoms with Crippen molar-refractivity contribution in [2.45, 2.75) is 156 Å². The topological polar surface area (TPSA) is 704 Å². The van der Waals surface area contributed by atoms with E-state index in [1.807, 2.05) is 0 Å². The Kier molecular flexibility index (Phi) is 48.9. The Hall–Kier alpha value is -10.0. The van der Waals surface area contributed by atoms with E-state index in [-0.39, 0.29) is 168 Å². The van der Waals surface area contributed by atoms with Crippen molar-refractivity contribution in [3.63, 3.8) is 0 Å². The number of unbranched alkanes of at least 4 members (excludes halogenated alkanes) is 2. The molecule has 0 aromatic heterocycles. The minimum atomic E-state index is -4.56. The van der Waals surface area contributed by atoms with E-state index in [0.29, 0.717) is 43.5 Å². The fraction of sp³-hybridized carbons (Fsp3) is 0.548. The summed E-state index contributed by atoms with van der Waals surface area (Å²) in [4.78, 5) is 223. The summed E-state index contributed by atoms with van der Waals surface area (Å²) in [5.41, 5.74) is 32.1. The van der Waals surface area contributed by atoms with Crippen LogP contribution in [0, 0.1) is 5.92 Å². The quantitative estimate of drug-likeness (QED) is 0.00983. The van der Waals surface area contributed by atoms with Crippen LogP contribution in [0.2, 0.25) is 0 Å². The van der Waals surface area contributed by atoms with Crippen molar-refractivity contribution in [2.24, 2.45) is 28.1 Å². The normalized spacial score (nSPS) is 18.9. The number of fused-ring (bicyclic) bond motifs is 6. The molecule has 2 aliphatic heterocycles. The van der Waals surface area contributed by atoms with Gasteiger partial charge in [0.05, 0.1) is 25.3 Å². The van der Waals surface area contributed by atoms with Gasteiger partial charge in [-0.1, -0.05) is 76.0 Å². The van der Waals surface area contributed by atoms with Gasteiger partial charge in [0.2, 0.25) is 82.7 Å². The molecule has 2 bridgehead atoms. The number of carboxylic acids is 1. The summed E-state index contributed by atoms with van der Waals surface area (Å²) in [6.07, 6.45) is -0.712. The second-order valence-corrected chi connectivity index (χ2v) is 32.8. The van der Waals surface area contributed by atoms with Crippen molar-refractivity contribution in [3.8, 4) is 0 Å². The van der Waals surface area contributed by atoms with Crippen molar-refractivity contribution in [1.82, 2.24) is 63.8 Å². The Morgan fingerprint density at radius 1 is 0.612 bits per heavy atom. The van der Waals surface area contributed by atoms with E-state index in [1.165, 1.54) is 30.3 Å². The molecule has 3 aromatic rings. The van der Waals surface area contributed by atoms with Gasteiger partial charge in [0.25, 0.3) is 10.1 Å². The number of aliphatic imine (C=N–C) groups is 1. The van der Waals surface area contributed by atoms with Crippen LogP contribution in [-0.2, 0) is 118 Å². The minimum absolute atomic E-state index is 0.00737. The van der Waals surface area contributed by atoms with Crippen molar-refractivity contribution in [1.29, 1.82) is 0 Å². The Bertz CT molecular complexity index is 4200. The number of nitrogens with zero attached hydrogens (tertiary/aromatic N) is 3. The number of ketones is 1. The maximum atomic E-state index is 14.8. The SMILES string of the molecule is [NH-]CC[N-]CC(C[N-]CC[NH-])CC(=O)CCCC(=O)NCCCC[C@H](NC(=O)CNC(=O)[C@@H]1CSCC(=O)N[C@@H](CCCCNC(=O)CCC(=O)Nc2ccc3c(S(=O)(=O)O)cccc3c2)C(=O)N[C@H]2CSSC[C@H](NC(=O)[C@H](CC(=O)O)NC(=O)CNC(=O)[C@H](CCCN=C(N)N)NC2=O)C(=O)NC(Cc2ccccc2)C(=O)N1)C(N)=O.[O]=[Tc]=[O]. The van der Waals surface area contributed by atoms with E-state index >= 15 is 0 Å². The first-order chi connectivity index (χ1) is 57.7. The molecule has 0 spiro atoms. The number of guanidine groups is 1. The molecular weight excluding hydrogens is 1750 g/mol. The van der Waals surface area contributed by atoms with E-state index in [1.54, 1.807) is 36.4 Å². The molecule has 23 N–H and O–H groups in total. The van der Waals surface area contributed by atoms with Crippen molar-refractivity contribution < 1.29 is 119 Å². The number of aliphatic carboxylic acids is 1. The molecule has 14 amide bonds. The average Bonchev–Trinajstić information content (AvgIpc) is 0.803. The third-order valence-corrected chi connectivity index (χ3v) is 22.2. The molecule has 8 atom stereocenters. The number of hydrogen-bond acceptors (Lipinski definition) is 24. The summed E-state index contributed by atoms with van der Waals surface area (Å²) >= 11 is -1.16. The Morgan fingerprint density at radius 3 is 1.82 bits per heavy atom. The molecule has 48 heteroatoms. The fourth-order valence-electron chi connectivity index (χ4n) is 11.8. The summed E-state index contributed by atoms with van der Waals surface area (Å²) in [5.74, 6) is -16.5. The van der Waals surface area contributed by atoms with Gasteiger partial charge in [-0.2, -0.15) is 34.6 Å². The average molecular weight is 1860 g/mol.